The van der Waals surface area contributed by atoms with Crippen LogP contribution in [0.1, 0.15) is 41.0 Å². The van der Waals surface area contributed by atoms with Gasteiger partial charge in [-0.05, 0) is 27.4 Å². The number of nitrogens with zero attached hydrogens (tertiary/aromatic N) is 2. The summed E-state index contributed by atoms with van der Waals surface area (Å²) in [6.45, 7) is 11.5. The minimum Gasteiger partial charge on any atom is -0.339 e. The fourth-order valence-electron chi connectivity index (χ4n) is 1.61. The Morgan fingerprint density at radius 2 is 1.67 bits per heavy atom. The van der Waals surface area contributed by atoms with E-state index in [0.717, 1.165) is 19.5 Å². The summed E-state index contributed by atoms with van der Waals surface area (Å²) in [6.07, 6.45) is 1.02. The van der Waals surface area contributed by atoms with E-state index in [-0.39, 0.29) is 5.91 Å². The van der Waals surface area contributed by atoms with Gasteiger partial charge in [0.2, 0.25) is 5.91 Å². The van der Waals surface area contributed by atoms with Crippen molar-refractivity contribution in [1.82, 2.24) is 9.80 Å². The van der Waals surface area contributed by atoms with Crippen LogP contribution in [0.5, 0.6) is 0 Å². The van der Waals surface area contributed by atoms with Gasteiger partial charge >= 0.3 is 0 Å². The van der Waals surface area contributed by atoms with Crippen LogP contribution in [-0.2, 0) is 4.79 Å². The second-order valence-corrected chi connectivity index (χ2v) is 3.63. The van der Waals surface area contributed by atoms with Crippen LogP contribution >= 0.6 is 0 Å². The molecule has 0 saturated carbocycles. The first-order valence-electron chi connectivity index (χ1n) is 5.94. The average molecular weight is 216 g/mol. The molecule has 0 aromatic heterocycles. The Balaban J connectivity index is 0. The van der Waals surface area contributed by atoms with E-state index in [2.05, 4.69) is 11.8 Å². The molecule has 1 unspecified atom stereocenters. The lowest BCUT2D eigenvalue weighted by Gasteiger charge is -2.31. The molecule has 0 N–H and O–H groups in total. The normalized spacial score (nSPS) is 11.7. The molecule has 0 radical (unpaired) electrons. The van der Waals surface area contributed by atoms with Crippen LogP contribution in [0, 0.1) is 0 Å². The predicted octanol–water partition coefficient (Wildman–Crippen LogP) is 2.22. The van der Waals surface area contributed by atoms with Crippen LogP contribution in [-0.4, -0.2) is 48.9 Å². The predicted molar refractivity (Wildman–Crippen MR) is 67.0 cm³/mol. The van der Waals surface area contributed by atoms with E-state index in [1.165, 1.54) is 0 Å². The van der Waals surface area contributed by atoms with Gasteiger partial charge in [-0.3, -0.25) is 4.79 Å². The Morgan fingerprint density at radius 3 is 1.87 bits per heavy atom. The Hall–Kier alpha value is -0.570. The van der Waals surface area contributed by atoms with Gasteiger partial charge in [-0.15, -0.1) is 0 Å². The van der Waals surface area contributed by atoms with Gasteiger partial charge in [-0.25, -0.2) is 0 Å². The molecule has 0 bridgehead atoms. The zero-order chi connectivity index (χ0) is 12.4. The molecular weight excluding hydrogens is 188 g/mol. The van der Waals surface area contributed by atoms with Crippen molar-refractivity contribution in [3.8, 4) is 0 Å². The number of rotatable bonds is 5. The summed E-state index contributed by atoms with van der Waals surface area (Å²) in [6, 6.07) is 0.359. The summed E-state index contributed by atoms with van der Waals surface area (Å²) in [5.41, 5.74) is 0. The summed E-state index contributed by atoms with van der Waals surface area (Å²) >= 11 is 0. The average Bonchev–Trinajstić information content (AvgIpc) is 2.19. The van der Waals surface area contributed by atoms with E-state index in [1.54, 1.807) is 6.92 Å². The molecule has 15 heavy (non-hydrogen) atoms. The lowest BCUT2D eigenvalue weighted by atomic mass is 10.2. The van der Waals surface area contributed by atoms with Crippen molar-refractivity contribution < 1.29 is 4.79 Å². The fourth-order valence-corrected chi connectivity index (χ4v) is 1.61. The first kappa shape index (κ1) is 16.8. The molecule has 1 amide bonds. The summed E-state index contributed by atoms with van der Waals surface area (Å²) in [5.74, 6) is 0.177. The van der Waals surface area contributed by atoms with Crippen molar-refractivity contribution in [1.29, 1.82) is 0 Å². The zero-order valence-corrected chi connectivity index (χ0v) is 11.5. The van der Waals surface area contributed by atoms with Gasteiger partial charge in [0.15, 0.2) is 0 Å². The summed E-state index contributed by atoms with van der Waals surface area (Å²) < 4.78 is 0. The third kappa shape index (κ3) is 7.37. The van der Waals surface area contributed by atoms with Crippen molar-refractivity contribution in [2.75, 3.05) is 27.2 Å². The standard InChI is InChI=1S/C10H22N2O.C2H6/c1-6-10(8-11(4)5)12(7-2)9(3)13;1-2/h10H,6-8H2,1-5H3;1-2H3. The number of hydrogen-bond donors (Lipinski definition) is 0. The quantitative estimate of drug-likeness (QED) is 0.703. The van der Waals surface area contributed by atoms with Crippen LogP contribution in [0.15, 0.2) is 0 Å². The van der Waals surface area contributed by atoms with E-state index in [9.17, 15) is 4.79 Å². The van der Waals surface area contributed by atoms with Crippen molar-refractivity contribution in [2.24, 2.45) is 0 Å². The molecule has 92 valence electrons. The molecule has 0 aromatic rings. The first-order chi connectivity index (χ1) is 7.02. The molecule has 0 heterocycles. The highest BCUT2D eigenvalue weighted by molar-refractivity contribution is 5.73. The van der Waals surface area contributed by atoms with Crippen molar-refractivity contribution in [3.05, 3.63) is 0 Å². The smallest absolute Gasteiger partial charge is 0.219 e. The third-order valence-corrected chi connectivity index (χ3v) is 2.23. The van der Waals surface area contributed by atoms with Crippen LogP contribution < -0.4 is 0 Å². The maximum Gasteiger partial charge on any atom is 0.219 e. The van der Waals surface area contributed by atoms with Crippen LogP contribution in [0.3, 0.4) is 0 Å². The number of hydrogen-bond acceptors (Lipinski definition) is 2. The molecule has 3 nitrogen and oxygen atoms in total. The highest BCUT2D eigenvalue weighted by Crippen LogP contribution is 2.05. The number of likely N-dealkylation sites (N-methyl/N-ethyl adjacent to an activating group) is 2. The van der Waals surface area contributed by atoms with Crippen LogP contribution in [0.25, 0.3) is 0 Å². The maximum absolute atomic E-state index is 11.3. The monoisotopic (exact) mass is 216 g/mol. The minimum atomic E-state index is 0.177. The Morgan fingerprint density at radius 1 is 1.20 bits per heavy atom. The van der Waals surface area contributed by atoms with Crippen LogP contribution in [0.2, 0.25) is 0 Å². The lowest BCUT2D eigenvalue weighted by Crippen LogP contribution is -2.44. The number of carbonyl (C=O) groups is 1. The van der Waals surface area contributed by atoms with Gasteiger partial charge in [-0.2, -0.15) is 0 Å². The molecule has 3 heteroatoms. The Bertz CT molecular complexity index is 158. The molecule has 0 saturated heterocycles. The topological polar surface area (TPSA) is 23.6 Å². The molecule has 0 aliphatic rings. The minimum absolute atomic E-state index is 0.177. The van der Waals surface area contributed by atoms with Gasteiger partial charge in [0.05, 0.1) is 0 Å². The first-order valence-corrected chi connectivity index (χ1v) is 5.94. The third-order valence-electron chi connectivity index (χ3n) is 2.23. The van der Waals surface area contributed by atoms with Gasteiger partial charge < -0.3 is 9.80 Å². The maximum atomic E-state index is 11.3. The summed E-state index contributed by atoms with van der Waals surface area (Å²) in [7, 11) is 4.08. The molecule has 1 atom stereocenters. The second kappa shape index (κ2) is 9.97. The largest absolute Gasteiger partial charge is 0.339 e. The fraction of sp³-hybridized carbons (Fsp3) is 0.917. The molecule has 0 aromatic carbocycles. The van der Waals surface area contributed by atoms with E-state index < -0.39 is 0 Å². The summed E-state index contributed by atoms with van der Waals surface area (Å²) in [5, 5.41) is 0. The zero-order valence-electron chi connectivity index (χ0n) is 11.5. The second-order valence-electron chi connectivity index (χ2n) is 3.63. The Labute approximate surface area is 95.4 Å². The van der Waals surface area contributed by atoms with Gasteiger partial charge in [0, 0.05) is 26.1 Å². The van der Waals surface area contributed by atoms with Gasteiger partial charge in [0.1, 0.15) is 0 Å². The van der Waals surface area contributed by atoms with E-state index >= 15 is 0 Å². The van der Waals surface area contributed by atoms with Gasteiger partial charge in [0.25, 0.3) is 0 Å². The van der Waals surface area contributed by atoms with Crippen LogP contribution in [0.4, 0.5) is 0 Å². The number of amides is 1. The SMILES string of the molecule is CC.CCC(CN(C)C)N(CC)C(C)=O. The number of carbonyl (C=O) groups excluding carboxylic acids is 1. The van der Waals surface area contributed by atoms with Crippen molar-refractivity contribution in [3.63, 3.8) is 0 Å². The highest BCUT2D eigenvalue weighted by atomic mass is 16.2. The molecular formula is C12H28N2O. The highest BCUT2D eigenvalue weighted by Gasteiger charge is 2.17. The van der Waals surface area contributed by atoms with E-state index in [0.29, 0.717) is 6.04 Å². The molecule has 0 spiro atoms. The molecule has 0 fully saturated rings. The molecule has 0 aliphatic heterocycles. The summed E-state index contributed by atoms with van der Waals surface area (Å²) in [4.78, 5) is 15.3. The van der Waals surface area contributed by atoms with Gasteiger partial charge in [-0.1, -0.05) is 20.8 Å². The van der Waals surface area contributed by atoms with Crippen molar-refractivity contribution in [2.45, 2.75) is 47.1 Å². The molecule has 0 aliphatic carbocycles. The Kier molecular flexibility index (Phi) is 11.2. The van der Waals surface area contributed by atoms with Crippen molar-refractivity contribution >= 4 is 5.91 Å². The van der Waals surface area contributed by atoms with E-state index in [4.69, 9.17) is 0 Å². The molecule has 0 rings (SSSR count). The lowest BCUT2D eigenvalue weighted by molar-refractivity contribution is -0.131. The van der Waals surface area contributed by atoms with E-state index in [1.807, 2.05) is 39.8 Å².